The first kappa shape index (κ1) is 18.6. The van der Waals surface area contributed by atoms with Gasteiger partial charge in [-0.1, -0.05) is 0 Å². The Labute approximate surface area is 154 Å². The van der Waals surface area contributed by atoms with Gasteiger partial charge < -0.3 is 18.8 Å². The molecular weight excluding hydrogens is 356 g/mol. The Bertz CT molecular complexity index is 781. The molecule has 3 rings (SSSR count). The Morgan fingerprint density at radius 1 is 1.27 bits per heavy atom. The summed E-state index contributed by atoms with van der Waals surface area (Å²) in [6, 6.07) is 7.36. The molecule has 1 amide bonds. The van der Waals surface area contributed by atoms with E-state index in [2.05, 4.69) is 4.98 Å². The Balaban J connectivity index is 1.63. The average Bonchev–Trinajstić information content (AvgIpc) is 3.02. The molecule has 1 aliphatic rings. The first-order valence-corrected chi connectivity index (χ1v) is 9.87. The molecule has 0 aliphatic carbocycles. The lowest BCUT2D eigenvalue weighted by molar-refractivity contribution is -0.132. The van der Waals surface area contributed by atoms with E-state index in [1.54, 1.807) is 18.9 Å². The minimum absolute atomic E-state index is 0.00975. The highest BCUT2D eigenvalue weighted by Crippen LogP contribution is 2.24. The number of benzene rings is 1. The average molecular weight is 378 g/mol. The van der Waals surface area contributed by atoms with Crippen molar-refractivity contribution in [3.63, 3.8) is 0 Å². The van der Waals surface area contributed by atoms with E-state index in [1.165, 1.54) is 0 Å². The summed E-state index contributed by atoms with van der Waals surface area (Å²) in [5, 5.41) is 0. The molecule has 26 heavy (non-hydrogen) atoms. The molecule has 1 unspecified atom stereocenters. The van der Waals surface area contributed by atoms with Crippen LogP contribution in [0.2, 0.25) is 0 Å². The van der Waals surface area contributed by atoms with Gasteiger partial charge >= 0.3 is 0 Å². The van der Waals surface area contributed by atoms with Crippen molar-refractivity contribution >= 4 is 16.7 Å². The molecule has 1 aliphatic heterocycles. The molecule has 0 N–H and O–H groups in total. The van der Waals surface area contributed by atoms with Gasteiger partial charge in [-0.25, -0.2) is 4.98 Å². The lowest BCUT2D eigenvalue weighted by atomic mass is 10.2. The van der Waals surface area contributed by atoms with Gasteiger partial charge in [0.05, 0.1) is 31.8 Å². The monoisotopic (exact) mass is 378 g/mol. The molecule has 1 aromatic heterocycles. The number of nitrogens with zero attached hydrogens (tertiary/aromatic N) is 2. The molecule has 2 aromatic rings. The molecule has 1 aromatic carbocycles. The van der Waals surface area contributed by atoms with Crippen LogP contribution >= 0.6 is 0 Å². The molecule has 1 atom stereocenters. The summed E-state index contributed by atoms with van der Waals surface area (Å²) in [5.41, 5.74) is 1.43. The van der Waals surface area contributed by atoms with Crippen LogP contribution in [0.25, 0.3) is 11.5 Å². The van der Waals surface area contributed by atoms with Crippen molar-refractivity contribution in [2.45, 2.75) is 12.7 Å². The summed E-state index contributed by atoms with van der Waals surface area (Å²) in [6.07, 6.45) is 0. The van der Waals surface area contributed by atoms with Crippen LogP contribution < -0.4 is 4.74 Å². The third-order valence-electron chi connectivity index (χ3n) is 4.18. The number of hydrogen-bond acceptors (Lipinski definition) is 6. The molecule has 7 nitrogen and oxygen atoms in total. The minimum atomic E-state index is -1.34. The standard InChI is InChI=1S/C18H22N2O5S/c1-13-16(11-26(22)12-17(21)20-7-9-24-10-8-20)19-18(25-13)14-3-5-15(23-2)6-4-14/h3-6H,7-12H2,1-2H3. The zero-order valence-corrected chi connectivity index (χ0v) is 15.7. The molecule has 2 heterocycles. The third kappa shape index (κ3) is 4.50. The van der Waals surface area contributed by atoms with Crippen molar-refractivity contribution in [1.82, 2.24) is 9.88 Å². The number of aromatic nitrogens is 1. The van der Waals surface area contributed by atoms with Crippen molar-refractivity contribution < 1.29 is 22.9 Å². The molecule has 0 saturated carbocycles. The van der Waals surface area contributed by atoms with Gasteiger partial charge in [-0.2, -0.15) is 0 Å². The van der Waals surface area contributed by atoms with Crippen molar-refractivity contribution in [2.24, 2.45) is 0 Å². The number of amides is 1. The van der Waals surface area contributed by atoms with Gasteiger partial charge in [0.1, 0.15) is 17.3 Å². The van der Waals surface area contributed by atoms with Gasteiger partial charge in [-0.15, -0.1) is 0 Å². The molecule has 8 heteroatoms. The molecule has 1 saturated heterocycles. The van der Waals surface area contributed by atoms with E-state index in [1.807, 2.05) is 24.3 Å². The summed E-state index contributed by atoms with van der Waals surface area (Å²) >= 11 is 0. The number of ether oxygens (including phenoxy) is 2. The Morgan fingerprint density at radius 3 is 2.62 bits per heavy atom. The zero-order valence-electron chi connectivity index (χ0n) is 14.9. The van der Waals surface area contributed by atoms with Crippen molar-refractivity contribution in [3.05, 3.63) is 35.7 Å². The summed E-state index contributed by atoms with van der Waals surface area (Å²) in [5.74, 6) is 1.91. The van der Waals surface area contributed by atoms with Gasteiger partial charge in [0.25, 0.3) is 0 Å². The zero-order chi connectivity index (χ0) is 18.5. The minimum Gasteiger partial charge on any atom is -0.497 e. The van der Waals surface area contributed by atoms with E-state index < -0.39 is 10.8 Å². The maximum Gasteiger partial charge on any atom is 0.235 e. The number of carbonyl (C=O) groups excluding carboxylic acids is 1. The third-order valence-corrected chi connectivity index (χ3v) is 5.34. The number of carbonyl (C=O) groups is 1. The van der Waals surface area contributed by atoms with E-state index >= 15 is 0 Å². The lowest BCUT2D eigenvalue weighted by Gasteiger charge is -2.26. The van der Waals surface area contributed by atoms with Crippen LogP contribution in [0.5, 0.6) is 5.75 Å². The Hall–Kier alpha value is -2.19. The molecular formula is C18H22N2O5S. The van der Waals surface area contributed by atoms with Crippen LogP contribution in [0.1, 0.15) is 11.5 Å². The van der Waals surface area contributed by atoms with Crippen LogP contribution in [-0.2, 0) is 26.1 Å². The number of oxazole rings is 1. The normalized spacial score (nSPS) is 15.7. The number of morpholine rings is 1. The summed E-state index contributed by atoms with van der Waals surface area (Å²) in [6.45, 7) is 3.97. The predicted octanol–water partition coefficient (Wildman–Crippen LogP) is 1.77. The second kappa shape index (κ2) is 8.46. The fourth-order valence-corrected chi connectivity index (χ4v) is 3.80. The van der Waals surface area contributed by atoms with E-state index in [9.17, 15) is 9.00 Å². The summed E-state index contributed by atoms with van der Waals surface area (Å²) < 4.78 is 28.4. The highest BCUT2D eigenvalue weighted by atomic mass is 32.2. The number of methoxy groups -OCH3 is 1. The topological polar surface area (TPSA) is 81.9 Å². The van der Waals surface area contributed by atoms with E-state index in [0.717, 1.165) is 11.3 Å². The Kier molecular flexibility index (Phi) is 6.05. The first-order chi connectivity index (χ1) is 12.6. The second-order valence-corrected chi connectivity index (χ2v) is 7.43. The highest BCUT2D eigenvalue weighted by Gasteiger charge is 2.21. The van der Waals surface area contributed by atoms with Crippen molar-refractivity contribution in [2.75, 3.05) is 39.2 Å². The first-order valence-electron chi connectivity index (χ1n) is 8.38. The molecule has 140 valence electrons. The Morgan fingerprint density at radius 2 is 1.96 bits per heavy atom. The predicted molar refractivity (Wildman–Crippen MR) is 97.3 cm³/mol. The van der Waals surface area contributed by atoms with Crippen LogP contribution in [0.15, 0.2) is 28.7 Å². The summed E-state index contributed by atoms with van der Waals surface area (Å²) in [4.78, 5) is 18.3. The van der Waals surface area contributed by atoms with Gasteiger partial charge in [0.2, 0.25) is 11.8 Å². The number of aryl methyl sites for hydroxylation is 1. The number of rotatable bonds is 6. The highest BCUT2D eigenvalue weighted by molar-refractivity contribution is 7.84. The fourth-order valence-electron chi connectivity index (χ4n) is 2.66. The molecule has 0 bridgehead atoms. The quantitative estimate of drug-likeness (QED) is 0.762. The van der Waals surface area contributed by atoms with E-state index in [0.29, 0.717) is 43.6 Å². The molecule has 0 radical (unpaired) electrons. The summed E-state index contributed by atoms with van der Waals surface area (Å²) in [7, 11) is 0.271. The van der Waals surface area contributed by atoms with E-state index in [-0.39, 0.29) is 17.4 Å². The smallest absolute Gasteiger partial charge is 0.235 e. The van der Waals surface area contributed by atoms with Gasteiger partial charge in [-0.05, 0) is 31.2 Å². The van der Waals surface area contributed by atoms with Crippen molar-refractivity contribution in [3.8, 4) is 17.2 Å². The van der Waals surface area contributed by atoms with Crippen molar-refractivity contribution in [1.29, 1.82) is 0 Å². The molecule has 1 fully saturated rings. The van der Waals surface area contributed by atoms with Crippen LogP contribution in [-0.4, -0.2) is 59.2 Å². The number of hydrogen-bond donors (Lipinski definition) is 0. The van der Waals surface area contributed by atoms with Gasteiger partial charge in [0, 0.05) is 29.5 Å². The van der Waals surface area contributed by atoms with Crippen LogP contribution in [0.4, 0.5) is 0 Å². The van der Waals surface area contributed by atoms with Gasteiger partial charge in [0.15, 0.2) is 0 Å². The second-order valence-electron chi connectivity index (χ2n) is 5.97. The van der Waals surface area contributed by atoms with Crippen LogP contribution in [0.3, 0.4) is 0 Å². The molecule has 0 spiro atoms. The van der Waals surface area contributed by atoms with Gasteiger partial charge in [-0.3, -0.25) is 9.00 Å². The largest absolute Gasteiger partial charge is 0.497 e. The maximum absolute atomic E-state index is 12.4. The SMILES string of the molecule is COc1ccc(-c2nc(CS(=O)CC(=O)N3CCOCC3)c(C)o2)cc1. The lowest BCUT2D eigenvalue weighted by Crippen LogP contribution is -2.42. The van der Waals surface area contributed by atoms with Crippen LogP contribution in [0, 0.1) is 6.92 Å². The fraction of sp³-hybridized carbons (Fsp3) is 0.444. The maximum atomic E-state index is 12.4. The van der Waals surface area contributed by atoms with E-state index in [4.69, 9.17) is 13.9 Å².